The molecule has 1 aliphatic carbocycles. The summed E-state index contributed by atoms with van der Waals surface area (Å²) < 4.78 is 0. The zero-order valence-corrected chi connectivity index (χ0v) is 14.4. The van der Waals surface area contributed by atoms with E-state index in [1.807, 2.05) is 11.3 Å². The number of nitrogens with one attached hydrogen (secondary N) is 1. The zero-order chi connectivity index (χ0) is 15.4. The summed E-state index contributed by atoms with van der Waals surface area (Å²) in [5.74, 6) is 1.07. The summed E-state index contributed by atoms with van der Waals surface area (Å²) in [6, 6.07) is 4.70. The van der Waals surface area contributed by atoms with E-state index in [2.05, 4.69) is 34.7 Å². The molecular formula is C18H28N2OS. The standard InChI is InChI=1S/C18H28N2OS/c1-14(15-8-9-15)18(21)19-13-16(17-7-6-12-22-17)20-10-4-2-3-5-11-20/h6-7,12,14-16H,2-5,8-11,13H2,1H3,(H,19,21). The van der Waals surface area contributed by atoms with E-state index in [0.717, 1.165) is 19.6 Å². The first-order valence-electron chi connectivity index (χ1n) is 8.81. The molecule has 4 heteroatoms. The molecule has 0 bridgehead atoms. The van der Waals surface area contributed by atoms with Crippen LogP contribution in [0.1, 0.15) is 56.4 Å². The van der Waals surface area contributed by atoms with E-state index >= 15 is 0 Å². The van der Waals surface area contributed by atoms with Gasteiger partial charge in [0.1, 0.15) is 0 Å². The largest absolute Gasteiger partial charge is 0.354 e. The van der Waals surface area contributed by atoms with E-state index in [1.54, 1.807) is 0 Å². The summed E-state index contributed by atoms with van der Waals surface area (Å²) in [4.78, 5) is 16.3. The lowest BCUT2D eigenvalue weighted by molar-refractivity contribution is -0.125. The molecular weight excluding hydrogens is 292 g/mol. The van der Waals surface area contributed by atoms with Crippen LogP contribution in [-0.4, -0.2) is 30.4 Å². The SMILES string of the molecule is CC(C(=O)NCC(c1cccs1)N1CCCCCC1)C1CC1. The number of hydrogen-bond donors (Lipinski definition) is 1. The van der Waals surface area contributed by atoms with E-state index in [1.165, 1.54) is 43.4 Å². The fourth-order valence-electron chi connectivity index (χ4n) is 3.47. The highest BCUT2D eigenvalue weighted by molar-refractivity contribution is 7.10. The molecule has 1 aromatic heterocycles. The van der Waals surface area contributed by atoms with Crippen molar-refractivity contribution >= 4 is 17.2 Å². The lowest BCUT2D eigenvalue weighted by atomic mass is 10.1. The summed E-state index contributed by atoms with van der Waals surface area (Å²) in [6.07, 6.45) is 7.73. The fourth-order valence-corrected chi connectivity index (χ4v) is 4.33. The molecule has 22 heavy (non-hydrogen) atoms. The molecule has 0 radical (unpaired) electrons. The minimum absolute atomic E-state index is 0.188. The lowest BCUT2D eigenvalue weighted by Gasteiger charge is -2.30. The van der Waals surface area contributed by atoms with Gasteiger partial charge in [-0.15, -0.1) is 11.3 Å². The first kappa shape index (κ1) is 16.0. The number of likely N-dealkylation sites (tertiary alicyclic amines) is 1. The van der Waals surface area contributed by atoms with Gasteiger partial charge in [0, 0.05) is 17.3 Å². The van der Waals surface area contributed by atoms with E-state index in [4.69, 9.17) is 0 Å². The summed E-state index contributed by atoms with van der Waals surface area (Å²) >= 11 is 1.82. The number of rotatable bonds is 6. The molecule has 2 aliphatic rings. The van der Waals surface area contributed by atoms with Gasteiger partial charge in [-0.05, 0) is 56.1 Å². The minimum atomic E-state index is 0.188. The number of nitrogens with zero attached hydrogens (tertiary/aromatic N) is 1. The first-order valence-corrected chi connectivity index (χ1v) is 9.69. The van der Waals surface area contributed by atoms with E-state index in [9.17, 15) is 4.79 Å². The van der Waals surface area contributed by atoms with Crippen LogP contribution < -0.4 is 5.32 Å². The molecule has 1 saturated heterocycles. The topological polar surface area (TPSA) is 32.3 Å². The van der Waals surface area contributed by atoms with Crippen molar-refractivity contribution in [2.75, 3.05) is 19.6 Å². The molecule has 0 spiro atoms. The lowest BCUT2D eigenvalue weighted by Crippen LogP contribution is -2.40. The minimum Gasteiger partial charge on any atom is -0.354 e. The van der Waals surface area contributed by atoms with Gasteiger partial charge in [0.05, 0.1) is 6.04 Å². The van der Waals surface area contributed by atoms with Gasteiger partial charge in [0.2, 0.25) is 5.91 Å². The molecule has 2 unspecified atom stereocenters. The van der Waals surface area contributed by atoms with Crippen molar-refractivity contribution in [1.29, 1.82) is 0 Å². The molecule has 1 amide bonds. The molecule has 0 aromatic carbocycles. The molecule has 2 heterocycles. The number of carbonyl (C=O) groups is 1. The molecule has 2 fully saturated rings. The van der Waals surface area contributed by atoms with Crippen molar-refractivity contribution in [1.82, 2.24) is 10.2 Å². The maximum Gasteiger partial charge on any atom is 0.223 e. The van der Waals surface area contributed by atoms with E-state index in [0.29, 0.717) is 12.0 Å². The predicted octanol–water partition coefficient (Wildman–Crippen LogP) is 3.83. The fraction of sp³-hybridized carbons (Fsp3) is 0.722. The Bertz CT molecular complexity index is 461. The molecule has 122 valence electrons. The monoisotopic (exact) mass is 320 g/mol. The van der Waals surface area contributed by atoms with Gasteiger partial charge in [-0.2, -0.15) is 0 Å². The Kier molecular flexibility index (Phi) is 5.53. The second kappa shape index (κ2) is 7.60. The van der Waals surface area contributed by atoms with E-state index in [-0.39, 0.29) is 11.8 Å². The predicted molar refractivity (Wildman–Crippen MR) is 92.0 cm³/mol. The van der Waals surface area contributed by atoms with Crippen LogP contribution in [0.2, 0.25) is 0 Å². The van der Waals surface area contributed by atoms with E-state index < -0.39 is 0 Å². The highest BCUT2D eigenvalue weighted by atomic mass is 32.1. The van der Waals surface area contributed by atoms with Gasteiger partial charge >= 0.3 is 0 Å². The van der Waals surface area contributed by atoms with Crippen molar-refractivity contribution < 1.29 is 4.79 Å². The van der Waals surface area contributed by atoms with Gasteiger partial charge in [0.15, 0.2) is 0 Å². The summed E-state index contributed by atoms with van der Waals surface area (Å²) in [5.41, 5.74) is 0. The van der Waals surface area contributed by atoms with Crippen molar-refractivity contribution in [3.05, 3.63) is 22.4 Å². The Hall–Kier alpha value is -0.870. The van der Waals surface area contributed by atoms with Crippen molar-refractivity contribution in [2.24, 2.45) is 11.8 Å². The van der Waals surface area contributed by atoms with Crippen molar-refractivity contribution in [3.63, 3.8) is 0 Å². The highest BCUT2D eigenvalue weighted by Gasteiger charge is 2.33. The highest BCUT2D eigenvalue weighted by Crippen LogP contribution is 2.36. The third-order valence-corrected chi connectivity index (χ3v) is 6.14. The van der Waals surface area contributed by atoms with Crippen LogP contribution in [0.4, 0.5) is 0 Å². The smallest absolute Gasteiger partial charge is 0.223 e. The number of thiophene rings is 1. The normalized spacial score (nSPS) is 22.8. The zero-order valence-electron chi connectivity index (χ0n) is 13.6. The third kappa shape index (κ3) is 4.11. The van der Waals surface area contributed by atoms with Gasteiger partial charge in [-0.3, -0.25) is 9.69 Å². The molecule has 1 aromatic rings. The van der Waals surface area contributed by atoms with Crippen LogP contribution in [-0.2, 0) is 4.79 Å². The quantitative estimate of drug-likeness (QED) is 0.864. The van der Waals surface area contributed by atoms with Crippen LogP contribution >= 0.6 is 11.3 Å². The number of hydrogen-bond acceptors (Lipinski definition) is 3. The van der Waals surface area contributed by atoms with Crippen LogP contribution in [0.3, 0.4) is 0 Å². The molecule has 1 N–H and O–H groups in total. The Labute approximate surface area is 138 Å². The van der Waals surface area contributed by atoms with Gasteiger partial charge in [0.25, 0.3) is 0 Å². The maximum atomic E-state index is 12.3. The molecule has 3 nitrogen and oxygen atoms in total. The Morgan fingerprint density at radius 2 is 2.05 bits per heavy atom. The molecule has 2 atom stereocenters. The second-order valence-corrected chi connectivity index (χ2v) is 7.83. The Balaban J connectivity index is 1.62. The second-order valence-electron chi connectivity index (χ2n) is 6.85. The van der Waals surface area contributed by atoms with Crippen LogP contribution in [0, 0.1) is 11.8 Å². The first-order chi connectivity index (χ1) is 10.8. The van der Waals surface area contributed by atoms with Crippen LogP contribution in [0.15, 0.2) is 17.5 Å². The summed E-state index contributed by atoms with van der Waals surface area (Å²) in [6.45, 7) is 5.17. The molecule has 3 rings (SSSR count). The Morgan fingerprint density at radius 1 is 1.32 bits per heavy atom. The molecule has 1 saturated carbocycles. The van der Waals surface area contributed by atoms with Gasteiger partial charge in [-0.1, -0.05) is 25.8 Å². The number of carbonyl (C=O) groups excluding carboxylic acids is 1. The van der Waals surface area contributed by atoms with Crippen LogP contribution in [0.25, 0.3) is 0 Å². The summed E-state index contributed by atoms with van der Waals surface area (Å²) in [5, 5.41) is 5.38. The third-order valence-electron chi connectivity index (χ3n) is 5.17. The van der Waals surface area contributed by atoms with Crippen molar-refractivity contribution in [2.45, 2.75) is 51.5 Å². The number of amides is 1. The molecule has 1 aliphatic heterocycles. The average molecular weight is 321 g/mol. The van der Waals surface area contributed by atoms with Gasteiger partial charge < -0.3 is 5.32 Å². The average Bonchev–Trinajstić information content (AvgIpc) is 3.30. The van der Waals surface area contributed by atoms with Gasteiger partial charge in [-0.25, -0.2) is 0 Å². The maximum absolute atomic E-state index is 12.3. The van der Waals surface area contributed by atoms with Crippen molar-refractivity contribution in [3.8, 4) is 0 Å². The Morgan fingerprint density at radius 3 is 2.64 bits per heavy atom. The van der Waals surface area contributed by atoms with Crippen LogP contribution in [0.5, 0.6) is 0 Å². The summed E-state index contributed by atoms with van der Waals surface area (Å²) in [7, 11) is 0.